The van der Waals surface area contributed by atoms with E-state index in [0.29, 0.717) is 0 Å². The van der Waals surface area contributed by atoms with Crippen LogP contribution in [0.3, 0.4) is 0 Å². The number of halogens is 1. The average molecular weight is 239 g/mol. The Hall–Kier alpha value is 0.730. The molecule has 9 heavy (non-hydrogen) atoms. The van der Waals surface area contributed by atoms with Crippen LogP contribution < -0.4 is 0 Å². The Labute approximate surface area is 72.6 Å². The van der Waals surface area contributed by atoms with Crippen molar-refractivity contribution in [2.24, 2.45) is 5.92 Å². The molecule has 0 nitrogen and oxygen atoms in total. The van der Waals surface area contributed by atoms with E-state index in [2.05, 4.69) is 40.9 Å². The zero-order chi connectivity index (χ0) is 7.11. The van der Waals surface area contributed by atoms with E-state index >= 15 is 0 Å². The summed E-state index contributed by atoms with van der Waals surface area (Å²) in [7, 11) is 0. The van der Waals surface area contributed by atoms with Crippen LogP contribution in [0.5, 0.6) is 0 Å². The van der Waals surface area contributed by atoms with Crippen LogP contribution in [-0.4, -0.2) is 0 Å². The van der Waals surface area contributed by atoms with Crippen molar-refractivity contribution in [1.29, 1.82) is 0 Å². The van der Waals surface area contributed by atoms with Crippen LogP contribution >= 0.6 is 22.6 Å². The van der Waals surface area contributed by atoms with Gasteiger partial charge in [0.15, 0.2) is 0 Å². The lowest BCUT2D eigenvalue weighted by Crippen LogP contribution is -1.94. The fourth-order valence-electron chi connectivity index (χ4n) is 0.823. The maximum absolute atomic E-state index is 2.36. The van der Waals surface area contributed by atoms with Crippen LogP contribution in [0.15, 0.2) is 0 Å². The van der Waals surface area contributed by atoms with E-state index in [0.717, 1.165) is 5.92 Å². The number of unbranched alkanes of at least 4 members (excludes halogenated alkanes) is 1. The molecule has 0 N–H and O–H groups in total. The molecule has 1 unspecified atom stereocenters. The van der Waals surface area contributed by atoms with Gasteiger partial charge in [0.1, 0.15) is 0 Å². The molecule has 0 aliphatic heterocycles. The van der Waals surface area contributed by atoms with Gasteiger partial charge in [0, 0.05) is 4.43 Å². The second-order valence-corrected chi connectivity index (χ2v) is 3.16. The van der Waals surface area contributed by atoms with Crippen molar-refractivity contribution >= 4 is 22.6 Å². The second kappa shape index (κ2) is 6.84. The lowest BCUT2D eigenvalue weighted by molar-refractivity contribution is 0.533. The average Bonchev–Trinajstić information content (AvgIpc) is 1.91. The van der Waals surface area contributed by atoms with Crippen molar-refractivity contribution in [2.45, 2.75) is 39.5 Å². The zero-order valence-corrected chi connectivity index (χ0v) is 8.52. The summed E-state index contributed by atoms with van der Waals surface area (Å²) in [6.07, 6.45) is 5.41. The maximum Gasteiger partial charge on any atom is 0.0258 e. The molecule has 55 valence electrons. The van der Waals surface area contributed by atoms with Gasteiger partial charge in [0.2, 0.25) is 0 Å². The van der Waals surface area contributed by atoms with Crippen molar-refractivity contribution in [1.82, 2.24) is 0 Å². The third-order valence-electron chi connectivity index (χ3n) is 1.63. The fraction of sp³-hybridized carbons (Fsp3) is 0.875. The molecule has 0 aromatic rings. The third kappa shape index (κ3) is 5.19. The first-order chi connectivity index (χ1) is 4.35. The number of hydrogen-bond donors (Lipinski definition) is 0. The standard InChI is InChI=1S/C8H16I/c1-3-5-6-8(4-2)7-9/h7-8H,3-6H2,1-2H3. The Balaban J connectivity index is 3.09. The van der Waals surface area contributed by atoms with Gasteiger partial charge in [0.05, 0.1) is 0 Å². The van der Waals surface area contributed by atoms with E-state index in [4.69, 9.17) is 0 Å². The first-order valence-electron chi connectivity index (χ1n) is 3.78. The smallest absolute Gasteiger partial charge is 0.0258 e. The van der Waals surface area contributed by atoms with Crippen LogP contribution in [0, 0.1) is 10.3 Å². The van der Waals surface area contributed by atoms with Gasteiger partial charge in [-0.15, -0.1) is 0 Å². The highest BCUT2D eigenvalue weighted by Crippen LogP contribution is 2.18. The summed E-state index contributed by atoms with van der Waals surface area (Å²) in [4.78, 5) is 0. The predicted octanol–water partition coefficient (Wildman–Crippen LogP) is 3.80. The van der Waals surface area contributed by atoms with Crippen molar-refractivity contribution in [3.63, 3.8) is 0 Å². The molecular formula is C8H16I. The van der Waals surface area contributed by atoms with Crippen LogP contribution in [-0.2, 0) is 0 Å². The quantitative estimate of drug-likeness (QED) is 0.640. The molecule has 1 radical (unpaired) electrons. The molecule has 1 atom stereocenters. The lowest BCUT2D eigenvalue weighted by Gasteiger charge is -2.08. The van der Waals surface area contributed by atoms with Crippen molar-refractivity contribution in [3.05, 3.63) is 4.43 Å². The minimum absolute atomic E-state index is 0.866. The molecular weight excluding hydrogens is 223 g/mol. The highest BCUT2D eigenvalue weighted by atomic mass is 127. The van der Waals surface area contributed by atoms with Gasteiger partial charge >= 0.3 is 0 Å². The topological polar surface area (TPSA) is 0 Å². The Bertz CT molecular complexity index is 48.5. The van der Waals surface area contributed by atoms with Gasteiger partial charge in [0.25, 0.3) is 0 Å². The van der Waals surface area contributed by atoms with E-state index in [1.54, 1.807) is 0 Å². The molecule has 0 heterocycles. The van der Waals surface area contributed by atoms with Gasteiger partial charge in [-0.1, -0.05) is 55.7 Å². The molecule has 0 aromatic heterocycles. The molecule has 0 aliphatic carbocycles. The predicted molar refractivity (Wildman–Crippen MR) is 51.6 cm³/mol. The van der Waals surface area contributed by atoms with Crippen molar-refractivity contribution in [2.75, 3.05) is 0 Å². The third-order valence-corrected chi connectivity index (χ3v) is 2.65. The van der Waals surface area contributed by atoms with E-state index < -0.39 is 0 Å². The molecule has 0 aliphatic rings. The highest BCUT2D eigenvalue weighted by Gasteiger charge is 2.01. The van der Waals surface area contributed by atoms with E-state index in [1.807, 2.05) is 0 Å². The van der Waals surface area contributed by atoms with E-state index in [-0.39, 0.29) is 0 Å². The van der Waals surface area contributed by atoms with Crippen molar-refractivity contribution in [3.8, 4) is 0 Å². The summed E-state index contributed by atoms with van der Waals surface area (Å²) in [6.45, 7) is 4.51. The molecule has 0 fully saturated rings. The molecule has 0 saturated carbocycles. The van der Waals surface area contributed by atoms with Crippen LogP contribution in [0.4, 0.5) is 0 Å². The highest BCUT2D eigenvalue weighted by molar-refractivity contribution is 14.1. The van der Waals surface area contributed by atoms with Gasteiger partial charge in [-0.05, 0) is 12.3 Å². The fourth-order valence-corrected chi connectivity index (χ4v) is 1.69. The molecule has 0 bridgehead atoms. The molecule has 0 amide bonds. The monoisotopic (exact) mass is 239 g/mol. The maximum atomic E-state index is 2.36. The second-order valence-electron chi connectivity index (χ2n) is 2.44. The normalized spacial score (nSPS) is 13.7. The SMILES string of the molecule is CCCCC([CH]I)CC. The van der Waals surface area contributed by atoms with Crippen LogP contribution in [0.2, 0.25) is 0 Å². The van der Waals surface area contributed by atoms with Gasteiger partial charge < -0.3 is 0 Å². The molecule has 0 aromatic carbocycles. The zero-order valence-electron chi connectivity index (χ0n) is 6.36. The Morgan fingerprint density at radius 1 is 1.44 bits per heavy atom. The van der Waals surface area contributed by atoms with Crippen LogP contribution in [0.25, 0.3) is 0 Å². The minimum atomic E-state index is 0.866. The minimum Gasteiger partial charge on any atom is -0.0812 e. The van der Waals surface area contributed by atoms with E-state index in [1.165, 1.54) is 25.7 Å². The summed E-state index contributed by atoms with van der Waals surface area (Å²) >= 11 is 2.36. The first kappa shape index (κ1) is 9.73. The molecule has 0 rings (SSSR count). The molecule has 0 saturated heterocycles. The molecule has 0 spiro atoms. The number of hydrogen-bond acceptors (Lipinski definition) is 0. The summed E-state index contributed by atoms with van der Waals surface area (Å²) in [5.41, 5.74) is 0. The number of rotatable bonds is 5. The Kier molecular flexibility index (Phi) is 7.40. The summed E-state index contributed by atoms with van der Waals surface area (Å²) in [5.74, 6) is 0.866. The Morgan fingerprint density at radius 2 is 2.11 bits per heavy atom. The summed E-state index contributed by atoms with van der Waals surface area (Å²) in [6, 6.07) is 0. The van der Waals surface area contributed by atoms with E-state index in [9.17, 15) is 0 Å². The largest absolute Gasteiger partial charge is 0.0812 e. The van der Waals surface area contributed by atoms with Crippen molar-refractivity contribution < 1.29 is 0 Å². The summed E-state index contributed by atoms with van der Waals surface area (Å²) < 4.78 is 2.30. The first-order valence-corrected chi connectivity index (χ1v) is 5.03. The van der Waals surface area contributed by atoms with Gasteiger partial charge in [-0.25, -0.2) is 0 Å². The van der Waals surface area contributed by atoms with Gasteiger partial charge in [-0.2, -0.15) is 0 Å². The van der Waals surface area contributed by atoms with Crippen LogP contribution in [0.1, 0.15) is 39.5 Å². The Morgan fingerprint density at radius 3 is 2.44 bits per heavy atom. The van der Waals surface area contributed by atoms with Gasteiger partial charge in [-0.3, -0.25) is 0 Å². The molecule has 1 heteroatoms. The lowest BCUT2D eigenvalue weighted by atomic mass is 10.0. The summed E-state index contributed by atoms with van der Waals surface area (Å²) in [5, 5.41) is 0.